The van der Waals surface area contributed by atoms with Gasteiger partial charge in [-0.2, -0.15) is 0 Å². The van der Waals surface area contributed by atoms with Crippen molar-refractivity contribution in [2.24, 2.45) is 0 Å². The van der Waals surface area contributed by atoms with Gasteiger partial charge in [0.05, 0.1) is 19.8 Å². The Kier molecular flexibility index (Phi) is 4.43. The van der Waals surface area contributed by atoms with Crippen molar-refractivity contribution in [2.75, 3.05) is 13.7 Å². The number of aliphatic hydroxyl groups is 1. The van der Waals surface area contributed by atoms with Crippen LogP contribution in [0.1, 0.15) is 19.4 Å². The molecule has 0 aromatic heterocycles. The van der Waals surface area contributed by atoms with E-state index < -0.39 is 0 Å². The average molecular weight is 210 g/mol. The molecule has 84 valence electrons. The number of ether oxygens (including phenoxy) is 2. The van der Waals surface area contributed by atoms with E-state index in [1.165, 1.54) is 0 Å². The van der Waals surface area contributed by atoms with Crippen molar-refractivity contribution in [3.05, 3.63) is 23.8 Å². The fraction of sp³-hybridized carbons (Fsp3) is 0.500. The molecular weight excluding hydrogens is 192 g/mol. The lowest BCUT2D eigenvalue weighted by atomic mass is 10.1. The fourth-order valence-electron chi connectivity index (χ4n) is 1.45. The first-order valence-corrected chi connectivity index (χ1v) is 5.15. The maximum Gasteiger partial charge on any atom is 0.161 e. The Bertz CT molecular complexity index is 308. The number of aliphatic hydroxyl groups excluding tert-OH is 1. The SMILES string of the molecule is CCOc1ccc(C[C@@H](C)O)cc1OC. The molecule has 1 aromatic carbocycles. The van der Waals surface area contributed by atoms with E-state index in [4.69, 9.17) is 9.47 Å². The Morgan fingerprint density at radius 2 is 2.07 bits per heavy atom. The van der Waals surface area contributed by atoms with E-state index in [2.05, 4.69) is 0 Å². The van der Waals surface area contributed by atoms with Gasteiger partial charge in [0.2, 0.25) is 0 Å². The number of hydrogen-bond donors (Lipinski definition) is 1. The molecule has 0 aliphatic rings. The lowest BCUT2D eigenvalue weighted by Gasteiger charge is -2.11. The maximum absolute atomic E-state index is 9.27. The third-order valence-corrected chi connectivity index (χ3v) is 2.06. The van der Waals surface area contributed by atoms with Crippen LogP contribution in [0, 0.1) is 0 Å². The molecule has 0 spiro atoms. The molecule has 3 nitrogen and oxygen atoms in total. The lowest BCUT2D eigenvalue weighted by Crippen LogP contribution is -2.04. The predicted molar refractivity (Wildman–Crippen MR) is 59.5 cm³/mol. The second kappa shape index (κ2) is 5.61. The molecule has 0 heterocycles. The maximum atomic E-state index is 9.27. The molecular formula is C12H18O3. The first-order chi connectivity index (χ1) is 7.17. The van der Waals surface area contributed by atoms with Crippen molar-refractivity contribution in [1.82, 2.24) is 0 Å². The van der Waals surface area contributed by atoms with Crippen LogP contribution in [0.25, 0.3) is 0 Å². The summed E-state index contributed by atoms with van der Waals surface area (Å²) in [5.41, 5.74) is 1.05. The van der Waals surface area contributed by atoms with Crippen molar-refractivity contribution >= 4 is 0 Å². The third-order valence-electron chi connectivity index (χ3n) is 2.06. The summed E-state index contributed by atoms with van der Waals surface area (Å²) in [6.07, 6.45) is 0.288. The average Bonchev–Trinajstić information content (AvgIpc) is 2.20. The second-order valence-corrected chi connectivity index (χ2v) is 3.47. The normalized spacial score (nSPS) is 12.3. The first kappa shape index (κ1) is 11.9. The Morgan fingerprint density at radius 3 is 2.60 bits per heavy atom. The monoisotopic (exact) mass is 210 g/mol. The summed E-state index contributed by atoms with van der Waals surface area (Å²) in [6, 6.07) is 5.72. The largest absolute Gasteiger partial charge is 0.493 e. The van der Waals surface area contributed by atoms with Crippen LogP contribution in [0.4, 0.5) is 0 Å². The Balaban J connectivity index is 2.86. The van der Waals surface area contributed by atoms with Crippen molar-refractivity contribution in [2.45, 2.75) is 26.4 Å². The minimum absolute atomic E-state index is 0.340. The van der Waals surface area contributed by atoms with Gasteiger partial charge in [-0.15, -0.1) is 0 Å². The van der Waals surface area contributed by atoms with Gasteiger partial charge < -0.3 is 14.6 Å². The van der Waals surface area contributed by atoms with E-state index in [1.807, 2.05) is 25.1 Å². The number of benzene rings is 1. The zero-order chi connectivity index (χ0) is 11.3. The summed E-state index contributed by atoms with van der Waals surface area (Å²) >= 11 is 0. The van der Waals surface area contributed by atoms with E-state index in [0.717, 1.165) is 17.1 Å². The van der Waals surface area contributed by atoms with E-state index >= 15 is 0 Å². The van der Waals surface area contributed by atoms with Crippen LogP contribution in [0.3, 0.4) is 0 Å². The highest BCUT2D eigenvalue weighted by Gasteiger charge is 2.06. The van der Waals surface area contributed by atoms with Gasteiger partial charge in [-0.05, 0) is 38.0 Å². The van der Waals surface area contributed by atoms with Gasteiger partial charge in [-0.3, -0.25) is 0 Å². The molecule has 0 fully saturated rings. The van der Waals surface area contributed by atoms with E-state index in [-0.39, 0.29) is 6.10 Å². The summed E-state index contributed by atoms with van der Waals surface area (Å²) in [4.78, 5) is 0. The van der Waals surface area contributed by atoms with Crippen LogP contribution in [-0.4, -0.2) is 24.9 Å². The molecule has 0 saturated carbocycles. The van der Waals surface area contributed by atoms with E-state index in [1.54, 1.807) is 14.0 Å². The summed E-state index contributed by atoms with van der Waals surface area (Å²) in [6.45, 7) is 4.32. The predicted octanol–water partition coefficient (Wildman–Crippen LogP) is 2.02. The van der Waals surface area contributed by atoms with E-state index in [0.29, 0.717) is 13.0 Å². The molecule has 1 atom stereocenters. The van der Waals surface area contributed by atoms with Crippen LogP contribution in [0.5, 0.6) is 11.5 Å². The number of methoxy groups -OCH3 is 1. The van der Waals surface area contributed by atoms with Gasteiger partial charge in [0.15, 0.2) is 11.5 Å². The summed E-state index contributed by atoms with van der Waals surface area (Å²) in [5, 5.41) is 9.27. The molecule has 0 aliphatic heterocycles. The first-order valence-electron chi connectivity index (χ1n) is 5.15. The summed E-state index contributed by atoms with van der Waals surface area (Å²) in [7, 11) is 1.62. The van der Waals surface area contributed by atoms with Gasteiger partial charge in [0, 0.05) is 0 Å². The quantitative estimate of drug-likeness (QED) is 0.808. The molecule has 0 amide bonds. The number of rotatable bonds is 5. The molecule has 0 aliphatic carbocycles. The topological polar surface area (TPSA) is 38.7 Å². The van der Waals surface area contributed by atoms with Crippen LogP contribution in [0.15, 0.2) is 18.2 Å². The molecule has 1 rings (SSSR count). The van der Waals surface area contributed by atoms with Crippen LogP contribution in [0.2, 0.25) is 0 Å². The van der Waals surface area contributed by atoms with Crippen LogP contribution >= 0.6 is 0 Å². The van der Waals surface area contributed by atoms with Crippen LogP contribution in [-0.2, 0) is 6.42 Å². The third kappa shape index (κ3) is 3.44. The fourth-order valence-corrected chi connectivity index (χ4v) is 1.45. The Morgan fingerprint density at radius 1 is 1.33 bits per heavy atom. The standard InChI is InChI=1S/C12H18O3/c1-4-15-11-6-5-10(7-9(2)13)8-12(11)14-3/h5-6,8-9,13H,4,7H2,1-3H3/t9-/m1/s1. The van der Waals surface area contributed by atoms with Gasteiger partial charge in [-0.25, -0.2) is 0 Å². The smallest absolute Gasteiger partial charge is 0.161 e. The van der Waals surface area contributed by atoms with Crippen molar-refractivity contribution in [3.8, 4) is 11.5 Å². The van der Waals surface area contributed by atoms with Gasteiger partial charge in [0.25, 0.3) is 0 Å². The van der Waals surface area contributed by atoms with Gasteiger partial charge in [-0.1, -0.05) is 6.07 Å². The zero-order valence-electron chi connectivity index (χ0n) is 9.49. The highest BCUT2D eigenvalue weighted by atomic mass is 16.5. The molecule has 1 N–H and O–H groups in total. The number of hydrogen-bond acceptors (Lipinski definition) is 3. The summed E-state index contributed by atoms with van der Waals surface area (Å²) in [5.74, 6) is 1.46. The molecule has 1 aromatic rings. The minimum atomic E-state index is -0.340. The van der Waals surface area contributed by atoms with Crippen molar-refractivity contribution in [3.63, 3.8) is 0 Å². The van der Waals surface area contributed by atoms with Gasteiger partial charge >= 0.3 is 0 Å². The molecule has 3 heteroatoms. The zero-order valence-corrected chi connectivity index (χ0v) is 9.49. The van der Waals surface area contributed by atoms with E-state index in [9.17, 15) is 5.11 Å². The molecule has 0 unspecified atom stereocenters. The molecule has 15 heavy (non-hydrogen) atoms. The second-order valence-electron chi connectivity index (χ2n) is 3.47. The minimum Gasteiger partial charge on any atom is -0.493 e. The van der Waals surface area contributed by atoms with Crippen molar-refractivity contribution in [1.29, 1.82) is 0 Å². The lowest BCUT2D eigenvalue weighted by molar-refractivity contribution is 0.195. The van der Waals surface area contributed by atoms with Gasteiger partial charge in [0.1, 0.15) is 0 Å². The molecule has 0 saturated heterocycles. The highest BCUT2D eigenvalue weighted by molar-refractivity contribution is 5.43. The summed E-state index contributed by atoms with van der Waals surface area (Å²) < 4.78 is 10.6. The molecule has 0 bridgehead atoms. The van der Waals surface area contributed by atoms with Crippen LogP contribution < -0.4 is 9.47 Å². The Labute approximate surface area is 90.6 Å². The highest BCUT2D eigenvalue weighted by Crippen LogP contribution is 2.28. The Hall–Kier alpha value is -1.22. The molecule has 0 radical (unpaired) electrons. The van der Waals surface area contributed by atoms with Crippen molar-refractivity contribution < 1.29 is 14.6 Å².